The summed E-state index contributed by atoms with van der Waals surface area (Å²) < 4.78 is 10.9. The Morgan fingerprint density at radius 1 is 1.00 bits per heavy atom. The molecule has 0 aliphatic heterocycles. The Kier molecular flexibility index (Phi) is 4.99. The minimum atomic E-state index is 0.302. The van der Waals surface area contributed by atoms with Gasteiger partial charge in [0.15, 0.2) is 5.82 Å². The standard InChI is InChI=1S/C19H20N4O2/c1-3-13-6-4-5-7-16(13)23-18-17(20)19(22-12-21-18)25-15-10-8-14(24-2)9-11-15/h4-12H,3,20H2,1-2H3,(H,21,22,23). The van der Waals surface area contributed by atoms with Gasteiger partial charge in [-0.25, -0.2) is 4.98 Å². The first-order chi connectivity index (χ1) is 12.2. The molecule has 0 spiro atoms. The van der Waals surface area contributed by atoms with Crippen LogP contribution in [-0.2, 0) is 6.42 Å². The SMILES string of the molecule is CCc1ccccc1Nc1ncnc(Oc2ccc(OC)cc2)c1N. The first kappa shape index (κ1) is 16.6. The van der Waals surface area contributed by atoms with Crippen molar-refractivity contribution in [3.05, 3.63) is 60.4 Å². The van der Waals surface area contributed by atoms with Gasteiger partial charge in [0.05, 0.1) is 7.11 Å². The van der Waals surface area contributed by atoms with Crippen molar-refractivity contribution in [1.29, 1.82) is 0 Å². The van der Waals surface area contributed by atoms with Crippen molar-refractivity contribution in [2.24, 2.45) is 0 Å². The van der Waals surface area contributed by atoms with E-state index in [1.807, 2.05) is 30.3 Å². The molecule has 0 unspecified atom stereocenters. The van der Waals surface area contributed by atoms with Gasteiger partial charge in [0.25, 0.3) is 0 Å². The molecule has 0 saturated carbocycles. The van der Waals surface area contributed by atoms with Gasteiger partial charge in [-0.3, -0.25) is 0 Å². The van der Waals surface area contributed by atoms with Crippen LogP contribution in [0.1, 0.15) is 12.5 Å². The largest absolute Gasteiger partial charge is 0.497 e. The minimum absolute atomic E-state index is 0.302. The minimum Gasteiger partial charge on any atom is -0.497 e. The molecule has 25 heavy (non-hydrogen) atoms. The average molecular weight is 336 g/mol. The molecule has 1 heterocycles. The van der Waals surface area contributed by atoms with E-state index in [9.17, 15) is 0 Å². The van der Waals surface area contributed by atoms with Crippen LogP contribution in [0.15, 0.2) is 54.9 Å². The molecule has 0 fully saturated rings. The highest BCUT2D eigenvalue weighted by molar-refractivity contribution is 5.73. The summed E-state index contributed by atoms with van der Waals surface area (Å²) in [4.78, 5) is 8.36. The van der Waals surface area contributed by atoms with Crippen LogP contribution in [0.25, 0.3) is 0 Å². The molecule has 0 bridgehead atoms. The van der Waals surface area contributed by atoms with E-state index in [4.69, 9.17) is 15.2 Å². The van der Waals surface area contributed by atoms with E-state index in [0.29, 0.717) is 23.1 Å². The fourth-order valence-corrected chi connectivity index (χ4v) is 2.39. The molecule has 0 amide bonds. The van der Waals surface area contributed by atoms with Gasteiger partial charge < -0.3 is 20.5 Å². The van der Waals surface area contributed by atoms with Crippen LogP contribution in [0.5, 0.6) is 17.4 Å². The number of aromatic nitrogens is 2. The number of nitrogen functional groups attached to an aromatic ring is 1. The van der Waals surface area contributed by atoms with Crippen LogP contribution in [-0.4, -0.2) is 17.1 Å². The van der Waals surface area contributed by atoms with E-state index in [2.05, 4.69) is 28.3 Å². The second kappa shape index (κ2) is 7.53. The van der Waals surface area contributed by atoms with Crippen molar-refractivity contribution in [2.75, 3.05) is 18.2 Å². The quantitative estimate of drug-likeness (QED) is 0.703. The molecule has 3 aromatic rings. The van der Waals surface area contributed by atoms with Crippen LogP contribution >= 0.6 is 0 Å². The van der Waals surface area contributed by atoms with Gasteiger partial charge in [0.2, 0.25) is 5.88 Å². The molecular weight excluding hydrogens is 316 g/mol. The van der Waals surface area contributed by atoms with Crippen LogP contribution in [0.2, 0.25) is 0 Å². The zero-order chi connectivity index (χ0) is 17.6. The number of nitrogens with one attached hydrogen (secondary N) is 1. The van der Waals surface area contributed by atoms with E-state index in [1.165, 1.54) is 11.9 Å². The van der Waals surface area contributed by atoms with E-state index < -0.39 is 0 Å². The number of para-hydroxylation sites is 1. The van der Waals surface area contributed by atoms with Crippen molar-refractivity contribution in [2.45, 2.75) is 13.3 Å². The maximum absolute atomic E-state index is 6.19. The summed E-state index contributed by atoms with van der Waals surface area (Å²) in [6.45, 7) is 2.10. The van der Waals surface area contributed by atoms with Gasteiger partial charge in [0.1, 0.15) is 23.5 Å². The first-order valence-corrected chi connectivity index (χ1v) is 7.98. The number of methoxy groups -OCH3 is 1. The number of benzene rings is 2. The molecule has 128 valence electrons. The predicted molar refractivity (Wildman–Crippen MR) is 98.6 cm³/mol. The Hall–Kier alpha value is -3.28. The van der Waals surface area contributed by atoms with E-state index in [1.54, 1.807) is 19.2 Å². The summed E-state index contributed by atoms with van der Waals surface area (Å²) in [5.41, 5.74) is 8.68. The van der Waals surface area contributed by atoms with Crippen LogP contribution in [0, 0.1) is 0 Å². The zero-order valence-electron chi connectivity index (χ0n) is 14.2. The van der Waals surface area contributed by atoms with Crippen molar-refractivity contribution >= 4 is 17.2 Å². The Balaban J connectivity index is 1.84. The van der Waals surface area contributed by atoms with Crippen molar-refractivity contribution in [1.82, 2.24) is 9.97 Å². The highest BCUT2D eigenvalue weighted by Gasteiger charge is 2.12. The summed E-state index contributed by atoms with van der Waals surface area (Å²) in [5, 5.41) is 3.26. The summed E-state index contributed by atoms with van der Waals surface area (Å²) in [6, 6.07) is 15.2. The van der Waals surface area contributed by atoms with Crippen LogP contribution < -0.4 is 20.5 Å². The third kappa shape index (κ3) is 3.80. The molecule has 0 atom stereocenters. The lowest BCUT2D eigenvalue weighted by Crippen LogP contribution is -2.04. The Morgan fingerprint density at radius 3 is 2.44 bits per heavy atom. The summed E-state index contributed by atoms with van der Waals surface area (Å²) in [5.74, 6) is 2.18. The number of nitrogens with zero attached hydrogens (tertiary/aromatic N) is 2. The van der Waals surface area contributed by atoms with E-state index in [0.717, 1.165) is 17.9 Å². The number of ether oxygens (including phenoxy) is 2. The normalized spacial score (nSPS) is 10.3. The number of nitrogens with two attached hydrogens (primary N) is 1. The average Bonchev–Trinajstić information content (AvgIpc) is 2.66. The Labute approximate surface area is 146 Å². The van der Waals surface area contributed by atoms with Crippen molar-refractivity contribution in [3.8, 4) is 17.4 Å². The summed E-state index contributed by atoms with van der Waals surface area (Å²) >= 11 is 0. The van der Waals surface area contributed by atoms with Gasteiger partial charge in [-0.05, 0) is 42.3 Å². The lowest BCUT2D eigenvalue weighted by atomic mass is 10.1. The molecular formula is C19H20N4O2. The molecule has 0 aliphatic carbocycles. The summed E-state index contributed by atoms with van der Waals surface area (Å²) in [6.07, 6.45) is 2.33. The topological polar surface area (TPSA) is 82.3 Å². The highest BCUT2D eigenvalue weighted by Crippen LogP contribution is 2.32. The monoisotopic (exact) mass is 336 g/mol. The number of aryl methyl sites for hydroxylation is 1. The van der Waals surface area contributed by atoms with Crippen LogP contribution in [0.4, 0.5) is 17.2 Å². The Bertz CT molecular complexity index is 850. The third-order valence-corrected chi connectivity index (χ3v) is 3.77. The number of anilines is 3. The van der Waals surface area contributed by atoms with Gasteiger partial charge >= 0.3 is 0 Å². The maximum atomic E-state index is 6.19. The third-order valence-electron chi connectivity index (χ3n) is 3.77. The molecule has 0 aliphatic rings. The Morgan fingerprint density at radius 2 is 1.72 bits per heavy atom. The maximum Gasteiger partial charge on any atom is 0.248 e. The van der Waals surface area contributed by atoms with E-state index >= 15 is 0 Å². The van der Waals surface area contributed by atoms with Gasteiger partial charge in [-0.2, -0.15) is 4.98 Å². The molecule has 6 heteroatoms. The zero-order valence-corrected chi connectivity index (χ0v) is 14.2. The van der Waals surface area contributed by atoms with Crippen molar-refractivity contribution in [3.63, 3.8) is 0 Å². The van der Waals surface area contributed by atoms with Gasteiger partial charge in [-0.1, -0.05) is 25.1 Å². The number of hydrogen-bond acceptors (Lipinski definition) is 6. The fourth-order valence-electron chi connectivity index (χ4n) is 2.39. The second-order valence-corrected chi connectivity index (χ2v) is 5.35. The molecule has 2 aromatic carbocycles. The molecule has 0 radical (unpaired) electrons. The van der Waals surface area contributed by atoms with E-state index in [-0.39, 0.29) is 0 Å². The first-order valence-electron chi connectivity index (χ1n) is 7.98. The second-order valence-electron chi connectivity index (χ2n) is 5.35. The van der Waals surface area contributed by atoms with Gasteiger partial charge in [-0.15, -0.1) is 0 Å². The highest BCUT2D eigenvalue weighted by atomic mass is 16.5. The lowest BCUT2D eigenvalue weighted by molar-refractivity contribution is 0.412. The van der Waals surface area contributed by atoms with Crippen molar-refractivity contribution < 1.29 is 9.47 Å². The fraction of sp³-hybridized carbons (Fsp3) is 0.158. The van der Waals surface area contributed by atoms with Crippen LogP contribution in [0.3, 0.4) is 0 Å². The summed E-state index contributed by atoms with van der Waals surface area (Å²) in [7, 11) is 1.62. The smallest absolute Gasteiger partial charge is 0.248 e. The lowest BCUT2D eigenvalue weighted by Gasteiger charge is -2.14. The number of rotatable bonds is 6. The molecule has 6 nitrogen and oxygen atoms in total. The molecule has 3 N–H and O–H groups in total. The molecule has 3 rings (SSSR count). The van der Waals surface area contributed by atoms with Gasteiger partial charge in [0, 0.05) is 5.69 Å². The molecule has 0 saturated heterocycles. The molecule has 1 aromatic heterocycles. The predicted octanol–water partition coefficient (Wildman–Crippen LogP) is 4.17. The number of hydrogen-bond donors (Lipinski definition) is 2.